The van der Waals surface area contributed by atoms with Crippen LogP contribution in [0.4, 0.5) is 0 Å². The minimum Gasteiger partial charge on any atom is -0.286 e. The van der Waals surface area contributed by atoms with Crippen molar-refractivity contribution >= 4 is 10.1 Å². The van der Waals surface area contributed by atoms with Crippen molar-refractivity contribution in [2.24, 2.45) is 0 Å². The van der Waals surface area contributed by atoms with Crippen molar-refractivity contribution in [3.05, 3.63) is 12.2 Å². The smallest absolute Gasteiger partial charge is 0.264 e. The van der Waals surface area contributed by atoms with E-state index in [1.54, 1.807) is 0 Å². The number of hydrogen-bond donors (Lipinski definition) is 1. The van der Waals surface area contributed by atoms with Crippen LogP contribution in [0, 0.1) is 0 Å². The lowest BCUT2D eigenvalue weighted by atomic mass is 10.0. The van der Waals surface area contributed by atoms with E-state index in [9.17, 15) is 8.42 Å². The van der Waals surface area contributed by atoms with Crippen LogP contribution in [0.15, 0.2) is 12.2 Å². The Morgan fingerprint density at radius 3 is 1.36 bits per heavy atom. The van der Waals surface area contributed by atoms with E-state index in [1.807, 2.05) is 6.08 Å². The first-order chi connectivity index (χ1) is 12.1. The van der Waals surface area contributed by atoms with E-state index in [4.69, 9.17) is 4.55 Å². The van der Waals surface area contributed by atoms with Crippen LogP contribution in [-0.2, 0) is 10.1 Å². The molecule has 0 aromatic rings. The molecule has 0 aliphatic carbocycles. The Bertz CT molecular complexity index is 388. The van der Waals surface area contributed by atoms with Gasteiger partial charge in [0.25, 0.3) is 10.1 Å². The van der Waals surface area contributed by atoms with Crippen LogP contribution in [0.2, 0.25) is 0 Å². The van der Waals surface area contributed by atoms with Crippen molar-refractivity contribution in [1.29, 1.82) is 0 Å². The van der Waals surface area contributed by atoms with Crippen LogP contribution in [0.5, 0.6) is 0 Å². The molecule has 0 atom stereocenters. The summed E-state index contributed by atoms with van der Waals surface area (Å²) in [5, 5.41) is 0. The normalized spacial score (nSPS) is 12.2. The SMILES string of the molecule is CCCCCCCCCCCCCCCC/C=C/CCCS(=O)(=O)O. The fraction of sp³-hybridized carbons (Fsp3) is 0.905. The molecule has 0 aromatic heterocycles. The summed E-state index contributed by atoms with van der Waals surface area (Å²) < 4.78 is 29.7. The van der Waals surface area contributed by atoms with Gasteiger partial charge in [-0.3, -0.25) is 4.55 Å². The zero-order valence-corrected chi connectivity index (χ0v) is 17.4. The molecular formula is C21H42O3S. The van der Waals surface area contributed by atoms with Gasteiger partial charge in [0.2, 0.25) is 0 Å². The first kappa shape index (κ1) is 24.7. The molecule has 25 heavy (non-hydrogen) atoms. The van der Waals surface area contributed by atoms with Crippen molar-refractivity contribution in [2.75, 3.05) is 5.75 Å². The highest BCUT2D eigenvalue weighted by Crippen LogP contribution is 2.13. The molecular weight excluding hydrogens is 332 g/mol. The third kappa shape index (κ3) is 23.6. The fourth-order valence-electron chi connectivity index (χ4n) is 3.08. The molecule has 3 nitrogen and oxygen atoms in total. The maximum atomic E-state index is 10.5. The van der Waals surface area contributed by atoms with Gasteiger partial charge in [-0.25, -0.2) is 0 Å². The van der Waals surface area contributed by atoms with Crippen molar-refractivity contribution in [2.45, 2.75) is 116 Å². The Hall–Kier alpha value is -0.350. The van der Waals surface area contributed by atoms with E-state index >= 15 is 0 Å². The molecule has 0 saturated carbocycles. The molecule has 0 aliphatic heterocycles. The van der Waals surface area contributed by atoms with Crippen molar-refractivity contribution in [3.8, 4) is 0 Å². The standard InChI is InChI=1S/C21H42O3S/c1-2-3-4-5-6-7-8-9-10-11-12-13-14-15-16-17-18-19-20-21-25(22,23)24/h17-18H,2-16,19-21H2,1H3,(H,22,23,24)/b18-17+. The highest BCUT2D eigenvalue weighted by molar-refractivity contribution is 7.85. The van der Waals surface area contributed by atoms with Gasteiger partial charge < -0.3 is 0 Å². The van der Waals surface area contributed by atoms with Gasteiger partial charge in [0, 0.05) is 0 Å². The molecule has 0 unspecified atom stereocenters. The predicted octanol–water partition coefficient (Wildman–Crippen LogP) is 7.08. The molecule has 0 aromatic carbocycles. The molecule has 0 spiro atoms. The van der Waals surface area contributed by atoms with Gasteiger partial charge in [-0.2, -0.15) is 8.42 Å². The van der Waals surface area contributed by atoms with E-state index in [1.165, 1.54) is 89.9 Å². The Labute approximate surface area is 157 Å². The zero-order valence-electron chi connectivity index (χ0n) is 16.6. The van der Waals surface area contributed by atoms with Crippen LogP contribution in [0.25, 0.3) is 0 Å². The van der Waals surface area contributed by atoms with Gasteiger partial charge in [-0.1, -0.05) is 103 Å². The molecule has 0 amide bonds. The van der Waals surface area contributed by atoms with E-state index in [0.29, 0.717) is 6.42 Å². The third-order valence-corrected chi connectivity index (χ3v) is 5.47. The van der Waals surface area contributed by atoms with Crippen LogP contribution in [-0.4, -0.2) is 18.7 Å². The van der Waals surface area contributed by atoms with Crippen LogP contribution < -0.4 is 0 Å². The predicted molar refractivity (Wildman–Crippen MR) is 110 cm³/mol. The maximum Gasteiger partial charge on any atom is 0.264 e. The highest BCUT2D eigenvalue weighted by Gasteiger charge is 2.01. The number of rotatable bonds is 19. The Balaban J connectivity index is 3.11. The number of allylic oxidation sites excluding steroid dienone is 2. The van der Waals surface area contributed by atoms with Crippen molar-refractivity contribution in [3.63, 3.8) is 0 Å². The molecule has 4 heteroatoms. The first-order valence-electron chi connectivity index (χ1n) is 10.7. The molecule has 1 N–H and O–H groups in total. The van der Waals surface area contributed by atoms with E-state index < -0.39 is 10.1 Å². The van der Waals surface area contributed by atoms with E-state index in [0.717, 1.165) is 12.8 Å². The van der Waals surface area contributed by atoms with Crippen LogP contribution >= 0.6 is 0 Å². The second-order valence-corrected chi connectivity index (χ2v) is 8.86. The summed E-state index contributed by atoms with van der Waals surface area (Å²) in [7, 11) is -3.78. The molecule has 0 saturated heterocycles. The minimum atomic E-state index is -3.78. The monoisotopic (exact) mass is 374 g/mol. The second-order valence-electron chi connectivity index (χ2n) is 7.28. The summed E-state index contributed by atoms with van der Waals surface area (Å²) >= 11 is 0. The molecule has 0 rings (SSSR count). The lowest BCUT2D eigenvalue weighted by molar-refractivity contribution is 0.481. The lowest BCUT2D eigenvalue weighted by Gasteiger charge is -2.02. The topological polar surface area (TPSA) is 54.4 Å². The summed E-state index contributed by atoms with van der Waals surface area (Å²) in [5.41, 5.74) is 0. The zero-order chi connectivity index (χ0) is 18.6. The summed E-state index contributed by atoms with van der Waals surface area (Å²) in [4.78, 5) is 0. The van der Waals surface area contributed by atoms with E-state index in [-0.39, 0.29) is 5.75 Å². The molecule has 0 aliphatic rings. The number of unbranched alkanes of at least 4 members (excludes halogenated alkanes) is 15. The minimum absolute atomic E-state index is 0.129. The van der Waals surface area contributed by atoms with Gasteiger partial charge >= 0.3 is 0 Å². The average Bonchev–Trinajstić information content (AvgIpc) is 2.56. The Morgan fingerprint density at radius 2 is 0.960 bits per heavy atom. The Kier molecular flexibility index (Phi) is 18.2. The lowest BCUT2D eigenvalue weighted by Crippen LogP contribution is -2.02. The Morgan fingerprint density at radius 1 is 0.600 bits per heavy atom. The quantitative estimate of drug-likeness (QED) is 0.149. The first-order valence-corrected chi connectivity index (χ1v) is 12.3. The van der Waals surface area contributed by atoms with Crippen LogP contribution in [0.3, 0.4) is 0 Å². The van der Waals surface area contributed by atoms with Crippen LogP contribution in [0.1, 0.15) is 116 Å². The van der Waals surface area contributed by atoms with Crippen molar-refractivity contribution in [1.82, 2.24) is 0 Å². The highest BCUT2D eigenvalue weighted by atomic mass is 32.2. The summed E-state index contributed by atoms with van der Waals surface area (Å²) in [6.45, 7) is 2.27. The molecule has 0 heterocycles. The molecule has 0 bridgehead atoms. The van der Waals surface area contributed by atoms with Gasteiger partial charge in [0.05, 0.1) is 5.75 Å². The molecule has 0 radical (unpaired) electrons. The maximum absolute atomic E-state index is 10.5. The fourth-order valence-corrected chi connectivity index (χ4v) is 3.61. The van der Waals surface area contributed by atoms with E-state index in [2.05, 4.69) is 13.0 Å². The van der Waals surface area contributed by atoms with Gasteiger partial charge in [0.1, 0.15) is 0 Å². The molecule has 0 fully saturated rings. The number of hydrogen-bond acceptors (Lipinski definition) is 2. The summed E-state index contributed by atoms with van der Waals surface area (Å²) in [5.74, 6) is -0.129. The van der Waals surface area contributed by atoms with Gasteiger partial charge in [0.15, 0.2) is 0 Å². The second kappa shape index (κ2) is 18.4. The molecule has 150 valence electrons. The van der Waals surface area contributed by atoms with Crippen molar-refractivity contribution < 1.29 is 13.0 Å². The summed E-state index contributed by atoms with van der Waals surface area (Å²) in [6, 6.07) is 0. The van der Waals surface area contributed by atoms with Gasteiger partial charge in [-0.15, -0.1) is 0 Å². The summed E-state index contributed by atoms with van der Waals surface area (Å²) in [6.07, 6.45) is 25.9. The largest absolute Gasteiger partial charge is 0.286 e. The van der Waals surface area contributed by atoms with Gasteiger partial charge in [-0.05, 0) is 25.7 Å². The average molecular weight is 375 g/mol. The third-order valence-electron chi connectivity index (χ3n) is 4.66.